The van der Waals surface area contributed by atoms with Crippen LogP contribution < -0.4 is 11.2 Å². The standard InChI is InChI=1S/C22H14FN3O2S/c1-12-8-14(23)6-7-15(12)19-9-17-20(29-19)21(27)26(22(28)25-17)18-11-24-10-13-4-2-3-5-16(13)18/h2-11H,1H3,(H,25,28). The fourth-order valence-electron chi connectivity index (χ4n) is 3.54. The van der Waals surface area contributed by atoms with Gasteiger partial charge in [-0.3, -0.25) is 9.78 Å². The molecular weight excluding hydrogens is 389 g/mol. The Balaban J connectivity index is 1.79. The molecule has 5 nitrogen and oxygen atoms in total. The summed E-state index contributed by atoms with van der Waals surface area (Å²) < 4.78 is 15.0. The van der Waals surface area contributed by atoms with Crippen molar-refractivity contribution in [3.05, 3.63) is 93.1 Å². The van der Waals surface area contributed by atoms with Crippen LogP contribution in [0.15, 0.2) is 70.5 Å². The number of hydrogen-bond donors (Lipinski definition) is 1. The molecule has 142 valence electrons. The zero-order chi connectivity index (χ0) is 20.1. The molecule has 0 saturated heterocycles. The van der Waals surface area contributed by atoms with E-state index in [1.807, 2.05) is 31.2 Å². The largest absolute Gasteiger partial charge is 0.333 e. The van der Waals surface area contributed by atoms with E-state index < -0.39 is 11.2 Å². The highest BCUT2D eigenvalue weighted by Crippen LogP contribution is 2.33. The van der Waals surface area contributed by atoms with Crippen LogP contribution in [0.1, 0.15) is 5.56 Å². The van der Waals surface area contributed by atoms with Gasteiger partial charge in [0, 0.05) is 21.8 Å². The van der Waals surface area contributed by atoms with E-state index >= 15 is 0 Å². The lowest BCUT2D eigenvalue weighted by atomic mass is 10.1. The number of aromatic nitrogens is 3. The normalized spacial score (nSPS) is 11.4. The van der Waals surface area contributed by atoms with Crippen molar-refractivity contribution < 1.29 is 4.39 Å². The first kappa shape index (κ1) is 17.5. The highest BCUT2D eigenvalue weighted by atomic mass is 32.1. The number of benzene rings is 2. The third-order valence-corrected chi connectivity index (χ3v) is 6.07. The van der Waals surface area contributed by atoms with Crippen molar-refractivity contribution in [2.75, 3.05) is 0 Å². The van der Waals surface area contributed by atoms with Crippen LogP contribution in [0.25, 0.3) is 37.1 Å². The number of halogens is 1. The number of hydrogen-bond acceptors (Lipinski definition) is 4. The van der Waals surface area contributed by atoms with Crippen LogP contribution in [0, 0.1) is 12.7 Å². The van der Waals surface area contributed by atoms with Gasteiger partial charge < -0.3 is 4.98 Å². The number of fused-ring (bicyclic) bond motifs is 2. The lowest BCUT2D eigenvalue weighted by Gasteiger charge is -2.07. The SMILES string of the molecule is Cc1cc(F)ccc1-c1cc2[nH]c(=O)n(-c3cncc4ccccc34)c(=O)c2s1. The summed E-state index contributed by atoms with van der Waals surface area (Å²) in [6.45, 7) is 1.81. The molecule has 0 aliphatic rings. The van der Waals surface area contributed by atoms with E-state index in [-0.39, 0.29) is 5.82 Å². The molecule has 1 N–H and O–H groups in total. The maximum absolute atomic E-state index is 13.4. The van der Waals surface area contributed by atoms with E-state index in [0.29, 0.717) is 15.9 Å². The van der Waals surface area contributed by atoms with Crippen LogP contribution in [-0.4, -0.2) is 14.5 Å². The first-order valence-corrected chi connectivity index (χ1v) is 9.73. The third-order valence-electron chi connectivity index (χ3n) is 4.92. The molecule has 29 heavy (non-hydrogen) atoms. The molecule has 7 heteroatoms. The van der Waals surface area contributed by atoms with Crippen LogP contribution in [-0.2, 0) is 0 Å². The lowest BCUT2D eigenvalue weighted by molar-refractivity contribution is 0.627. The Labute approximate surface area is 167 Å². The average Bonchev–Trinajstić information content (AvgIpc) is 3.12. The molecule has 0 aliphatic heterocycles. The predicted octanol–water partition coefficient (Wildman–Crippen LogP) is 4.40. The van der Waals surface area contributed by atoms with Gasteiger partial charge in [-0.2, -0.15) is 0 Å². The highest BCUT2D eigenvalue weighted by molar-refractivity contribution is 7.22. The van der Waals surface area contributed by atoms with E-state index in [0.717, 1.165) is 31.3 Å². The van der Waals surface area contributed by atoms with Crippen LogP contribution >= 0.6 is 11.3 Å². The van der Waals surface area contributed by atoms with Crippen molar-refractivity contribution in [2.24, 2.45) is 0 Å². The fraction of sp³-hybridized carbons (Fsp3) is 0.0455. The Morgan fingerprint density at radius 3 is 2.72 bits per heavy atom. The van der Waals surface area contributed by atoms with Crippen LogP contribution in [0.2, 0.25) is 0 Å². The van der Waals surface area contributed by atoms with Gasteiger partial charge in [0.2, 0.25) is 0 Å². The molecular formula is C22H14FN3O2S. The second-order valence-electron chi connectivity index (χ2n) is 6.76. The van der Waals surface area contributed by atoms with E-state index in [4.69, 9.17) is 0 Å². The molecule has 0 fully saturated rings. The van der Waals surface area contributed by atoms with Crippen LogP contribution in [0.4, 0.5) is 4.39 Å². The number of aromatic amines is 1. The molecule has 0 bridgehead atoms. The smallest absolute Gasteiger partial charge is 0.306 e. The molecule has 5 aromatic rings. The highest BCUT2D eigenvalue weighted by Gasteiger charge is 2.16. The quantitative estimate of drug-likeness (QED) is 0.475. The van der Waals surface area contributed by atoms with Gasteiger partial charge in [0.05, 0.1) is 17.4 Å². The second-order valence-corrected chi connectivity index (χ2v) is 7.82. The summed E-state index contributed by atoms with van der Waals surface area (Å²) in [4.78, 5) is 33.8. The minimum Gasteiger partial charge on any atom is -0.306 e. The predicted molar refractivity (Wildman–Crippen MR) is 113 cm³/mol. The van der Waals surface area contributed by atoms with Gasteiger partial charge in [-0.25, -0.2) is 13.8 Å². The number of nitrogens with one attached hydrogen (secondary N) is 1. The Hall–Kier alpha value is -3.58. The minimum atomic E-state index is -0.527. The summed E-state index contributed by atoms with van der Waals surface area (Å²) >= 11 is 1.27. The van der Waals surface area contributed by atoms with Crippen molar-refractivity contribution in [3.63, 3.8) is 0 Å². The Morgan fingerprint density at radius 2 is 1.90 bits per heavy atom. The topological polar surface area (TPSA) is 67.8 Å². The maximum Gasteiger partial charge on any atom is 0.333 e. The number of H-pyrrole nitrogens is 1. The number of pyridine rings is 1. The van der Waals surface area contributed by atoms with Crippen molar-refractivity contribution in [2.45, 2.75) is 6.92 Å². The van der Waals surface area contributed by atoms with E-state index in [9.17, 15) is 14.0 Å². The molecule has 0 radical (unpaired) electrons. The summed E-state index contributed by atoms with van der Waals surface area (Å²) in [5.41, 5.74) is 1.56. The summed E-state index contributed by atoms with van der Waals surface area (Å²) in [6.07, 6.45) is 3.21. The fourth-order valence-corrected chi connectivity index (χ4v) is 4.68. The summed E-state index contributed by atoms with van der Waals surface area (Å²) in [5.74, 6) is -0.313. The number of nitrogens with zero attached hydrogens (tertiary/aromatic N) is 2. The Kier molecular flexibility index (Phi) is 3.92. The molecule has 2 aromatic carbocycles. The molecule has 0 unspecified atom stereocenters. The summed E-state index contributed by atoms with van der Waals surface area (Å²) in [6, 6.07) is 13.7. The van der Waals surface area contributed by atoms with Crippen molar-refractivity contribution in [1.82, 2.24) is 14.5 Å². The zero-order valence-electron chi connectivity index (χ0n) is 15.3. The monoisotopic (exact) mass is 403 g/mol. The first-order chi connectivity index (χ1) is 14.0. The number of thiophene rings is 1. The van der Waals surface area contributed by atoms with Crippen LogP contribution in [0.3, 0.4) is 0 Å². The Morgan fingerprint density at radius 1 is 1.07 bits per heavy atom. The minimum absolute atomic E-state index is 0.313. The molecule has 0 aliphatic carbocycles. The molecule has 3 aromatic heterocycles. The summed E-state index contributed by atoms with van der Waals surface area (Å²) in [5, 5.41) is 1.60. The van der Waals surface area contributed by atoms with Gasteiger partial charge in [-0.15, -0.1) is 11.3 Å². The molecule has 0 spiro atoms. The van der Waals surface area contributed by atoms with E-state index in [2.05, 4.69) is 9.97 Å². The molecule has 5 rings (SSSR count). The zero-order valence-corrected chi connectivity index (χ0v) is 16.1. The molecule has 0 saturated carbocycles. The van der Waals surface area contributed by atoms with Crippen molar-refractivity contribution in [1.29, 1.82) is 0 Å². The maximum atomic E-state index is 13.4. The van der Waals surface area contributed by atoms with Gasteiger partial charge >= 0.3 is 5.69 Å². The van der Waals surface area contributed by atoms with Crippen molar-refractivity contribution in [3.8, 4) is 16.1 Å². The molecule has 0 amide bonds. The summed E-state index contributed by atoms with van der Waals surface area (Å²) in [7, 11) is 0. The second kappa shape index (κ2) is 6.49. The van der Waals surface area contributed by atoms with Gasteiger partial charge in [0.1, 0.15) is 10.5 Å². The third kappa shape index (κ3) is 2.78. The Bertz CT molecular complexity index is 1530. The van der Waals surface area contributed by atoms with Gasteiger partial charge in [-0.05, 0) is 36.2 Å². The average molecular weight is 403 g/mol. The van der Waals surface area contributed by atoms with E-state index in [1.165, 1.54) is 29.7 Å². The number of aryl methyl sites for hydroxylation is 1. The van der Waals surface area contributed by atoms with Crippen LogP contribution in [0.5, 0.6) is 0 Å². The first-order valence-electron chi connectivity index (χ1n) is 8.91. The van der Waals surface area contributed by atoms with Gasteiger partial charge in [0.25, 0.3) is 5.56 Å². The number of rotatable bonds is 2. The molecule has 3 heterocycles. The van der Waals surface area contributed by atoms with Gasteiger partial charge in [-0.1, -0.05) is 30.3 Å². The van der Waals surface area contributed by atoms with Gasteiger partial charge in [0.15, 0.2) is 0 Å². The molecule has 0 atom stereocenters. The van der Waals surface area contributed by atoms with E-state index in [1.54, 1.807) is 18.3 Å². The van der Waals surface area contributed by atoms with Crippen molar-refractivity contribution >= 4 is 32.3 Å². The lowest BCUT2D eigenvalue weighted by Crippen LogP contribution is -2.33.